The number of amides is 1. The van der Waals surface area contributed by atoms with Crippen LogP contribution in [0.3, 0.4) is 0 Å². The van der Waals surface area contributed by atoms with Crippen molar-refractivity contribution >= 4 is 27.9 Å². The zero-order valence-electron chi connectivity index (χ0n) is 14.2. The Morgan fingerprint density at radius 1 is 1.19 bits per heavy atom. The number of aromatic nitrogens is 2. The Bertz CT molecular complexity index is 1050. The Morgan fingerprint density at radius 3 is 2.85 bits per heavy atom. The predicted octanol–water partition coefficient (Wildman–Crippen LogP) is 4.39. The molecular weight excluding hydrogens is 346 g/mol. The number of anilines is 1. The molecule has 4 aromatic rings. The van der Waals surface area contributed by atoms with E-state index >= 15 is 0 Å². The number of hydrogen-bond donors (Lipinski definition) is 1. The smallest absolute Gasteiger partial charge is 0.262 e. The van der Waals surface area contributed by atoms with Gasteiger partial charge in [0.15, 0.2) is 11.6 Å². The van der Waals surface area contributed by atoms with Gasteiger partial charge in [-0.25, -0.2) is 4.98 Å². The molecule has 0 fully saturated rings. The first-order valence-corrected chi connectivity index (χ1v) is 9.08. The summed E-state index contributed by atoms with van der Waals surface area (Å²) in [5, 5.41) is 4.94. The molecule has 0 saturated heterocycles. The lowest BCUT2D eigenvalue weighted by Gasteiger charge is -2.08. The maximum atomic E-state index is 12.1. The molecule has 0 bridgehead atoms. The average molecular weight is 363 g/mol. The van der Waals surface area contributed by atoms with E-state index in [9.17, 15) is 4.79 Å². The van der Waals surface area contributed by atoms with Crippen LogP contribution in [0.2, 0.25) is 0 Å². The van der Waals surface area contributed by atoms with E-state index in [1.807, 2.05) is 60.8 Å². The van der Waals surface area contributed by atoms with E-state index in [0.29, 0.717) is 5.75 Å². The fourth-order valence-corrected chi connectivity index (χ4v) is 3.50. The number of benzene rings is 2. The standard InChI is InChI=1S/C20H17N3O2S/c1-14-13-26-20-22-18(11-23(14)20)15-6-5-7-16(10-15)21-19(24)12-25-17-8-3-2-4-9-17/h2-11,13H,12H2,1H3,(H,21,24). The molecular formula is C20H17N3O2S. The second-order valence-corrected chi connectivity index (χ2v) is 6.72. The SMILES string of the molecule is Cc1csc2nc(-c3cccc(NC(=O)COc4ccccc4)c3)cn12. The lowest BCUT2D eigenvalue weighted by molar-refractivity contribution is -0.118. The number of rotatable bonds is 5. The van der Waals surface area contributed by atoms with Crippen molar-refractivity contribution in [1.82, 2.24) is 9.38 Å². The van der Waals surface area contributed by atoms with Crippen LogP contribution in [-0.2, 0) is 4.79 Å². The van der Waals surface area contributed by atoms with Gasteiger partial charge in [-0.15, -0.1) is 11.3 Å². The summed E-state index contributed by atoms with van der Waals surface area (Å²) in [5.74, 6) is 0.470. The second-order valence-electron chi connectivity index (χ2n) is 5.89. The van der Waals surface area contributed by atoms with Crippen LogP contribution < -0.4 is 10.1 Å². The van der Waals surface area contributed by atoms with Crippen LogP contribution in [0.4, 0.5) is 5.69 Å². The van der Waals surface area contributed by atoms with Gasteiger partial charge in [0.05, 0.1) is 5.69 Å². The Kier molecular flexibility index (Phi) is 4.41. The van der Waals surface area contributed by atoms with Crippen molar-refractivity contribution in [3.63, 3.8) is 0 Å². The first-order valence-electron chi connectivity index (χ1n) is 8.20. The van der Waals surface area contributed by atoms with Crippen molar-refractivity contribution in [2.24, 2.45) is 0 Å². The summed E-state index contributed by atoms with van der Waals surface area (Å²) < 4.78 is 7.54. The Balaban J connectivity index is 1.46. The van der Waals surface area contributed by atoms with E-state index in [2.05, 4.69) is 27.0 Å². The number of carbonyl (C=O) groups excluding carboxylic acids is 1. The molecule has 1 N–H and O–H groups in total. The molecule has 2 heterocycles. The van der Waals surface area contributed by atoms with Crippen LogP contribution in [0.1, 0.15) is 5.69 Å². The van der Waals surface area contributed by atoms with E-state index in [1.165, 1.54) is 0 Å². The lowest BCUT2D eigenvalue weighted by Crippen LogP contribution is -2.20. The molecule has 0 radical (unpaired) electrons. The third kappa shape index (κ3) is 3.45. The molecule has 6 heteroatoms. The molecule has 0 aliphatic rings. The van der Waals surface area contributed by atoms with Crippen molar-refractivity contribution in [2.75, 3.05) is 11.9 Å². The summed E-state index contributed by atoms with van der Waals surface area (Å²) in [7, 11) is 0. The molecule has 0 unspecified atom stereocenters. The van der Waals surface area contributed by atoms with Gasteiger partial charge in [0.1, 0.15) is 5.75 Å². The minimum atomic E-state index is -0.201. The summed E-state index contributed by atoms with van der Waals surface area (Å²) in [4.78, 5) is 17.7. The number of fused-ring (bicyclic) bond motifs is 1. The first kappa shape index (κ1) is 16.4. The number of nitrogens with zero attached hydrogens (tertiary/aromatic N) is 2. The highest BCUT2D eigenvalue weighted by molar-refractivity contribution is 7.15. The Hall–Kier alpha value is -3.12. The van der Waals surface area contributed by atoms with Crippen LogP contribution in [-0.4, -0.2) is 21.9 Å². The third-order valence-corrected chi connectivity index (χ3v) is 4.90. The highest BCUT2D eigenvalue weighted by atomic mass is 32.1. The molecule has 0 aliphatic carbocycles. The van der Waals surface area contributed by atoms with Crippen molar-refractivity contribution in [3.8, 4) is 17.0 Å². The average Bonchev–Trinajstić information content (AvgIpc) is 3.23. The zero-order valence-corrected chi connectivity index (χ0v) is 15.0. The van der Waals surface area contributed by atoms with E-state index in [4.69, 9.17) is 4.74 Å². The lowest BCUT2D eigenvalue weighted by atomic mass is 10.1. The number of imidazole rings is 1. The number of para-hydroxylation sites is 1. The highest BCUT2D eigenvalue weighted by Gasteiger charge is 2.09. The van der Waals surface area contributed by atoms with Gasteiger partial charge in [0.2, 0.25) is 0 Å². The number of carbonyl (C=O) groups is 1. The Morgan fingerprint density at radius 2 is 2.04 bits per heavy atom. The van der Waals surface area contributed by atoms with E-state index in [1.54, 1.807) is 11.3 Å². The van der Waals surface area contributed by atoms with Crippen molar-refractivity contribution in [1.29, 1.82) is 0 Å². The summed E-state index contributed by atoms with van der Waals surface area (Å²) in [6.07, 6.45) is 2.01. The number of ether oxygens (including phenoxy) is 1. The molecule has 0 atom stereocenters. The van der Waals surface area contributed by atoms with Crippen LogP contribution in [0.5, 0.6) is 5.75 Å². The topological polar surface area (TPSA) is 55.6 Å². The van der Waals surface area contributed by atoms with Gasteiger partial charge < -0.3 is 10.1 Å². The fraction of sp³-hybridized carbons (Fsp3) is 0.100. The third-order valence-electron chi connectivity index (χ3n) is 3.94. The van der Waals surface area contributed by atoms with Gasteiger partial charge in [-0.1, -0.05) is 30.3 Å². The highest BCUT2D eigenvalue weighted by Crippen LogP contribution is 2.25. The maximum Gasteiger partial charge on any atom is 0.262 e. The van der Waals surface area contributed by atoms with Crippen LogP contribution in [0, 0.1) is 6.92 Å². The normalized spacial score (nSPS) is 10.8. The maximum absolute atomic E-state index is 12.1. The van der Waals surface area contributed by atoms with Crippen molar-refractivity contribution in [2.45, 2.75) is 6.92 Å². The van der Waals surface area contributed by atoms with E-state index in [0.717, 1.165) is 27.6 Å². The molecule has 0 spiro atoms. The molecule has 26 heavy (non-hydrogen) atoms. The minimum absolute atomic E-state index is 0.0341. The fourth-order valence-electron chi connectivity index (χ4n) is 2.65. The van der Waals surface area contributed by atoms with Crippen LogP contribution in [0.25, 0.3) is 16.2 Å². The number of hydrogen-bond acceptors (Lipinski definition) is 4. The van der Waals surface area contributed by atoms with Crippen LogP contribution in [0.15, 0.2) is 66.2 Å². The predicted molar refractivity (Wildman–Crippen MR) is 104 cm³/mol. The molecule has 2 aromatic heterocycles. The quantitative estimate of drug-likeness (QED) is 0.572. The van der Waals surface area contributed by atoms with Crippen molar-refractivity contribution < 1.29 is 9.53 Å². The molecule has 0 aliphatic heterocycles. The largest absolute Gasteiger partial charge is 0.484 e. The number of thiazole rings is 1. The Labute approximate surface area is 154 Å². The molecule has 4 rings (SSSR count). The van der Waals surface area contributed by atoms with Gasteiger partial charge in [0, 0.05) is 28.5 Å². The summed E-state index contributed by atoms with van der Waals surface area (Å²) >= 11 is 1.61. The van der Waals surface area contributed by atoms with E-state index in [-0.39, 0.29) is 12.5 Å². The molecule has 0 saturated carbocycles. The monoisotopic (exact) mass is 363 g/mol. The van der Waals surface area contributed by atoms with Gasteiger partial charge in [-0.2, -0.15) is 0 Å². The van der Waals surface area contributed by atoms with Crippen molar-refractivity contribution in [3.05, 3.63) is 71.9 Å². The van der Waals surface area contributed by atoms with Gasteiger partial charge in [-0.3, -0.25) is 9.20 Å². The molecule has 5 nitrogen and oxygen atoms in total. The van der Waals surface area contributed by atoms with Gasteiger partial charge in [0.25, 0.3) is 5.91 Å². The minimum Gasteiger partial charge on any atom is -0.484 e. The summed E-state index contributed by atoms with van der Waals surface area (Å²) in [6, 6.07) is 16.9. The molecule has 2 aromatic carbocycles. The summed E-state index contributed by atoms with van der Waals surface area (Å²) in [5.41, 5.74) is 3.72. The van der Waals surface area contributed by atoms with Gasteiger partial charge >= 0.3 is 0 Å². The molecule has 1 amide bonds. The van der Waals surface area contributed by atoms with Crippen LogP contribution >= 0.6 is 11.3 Å². The van der Waals surface area contributed by atoms with E-state index < -0.39 is 0 Å². The van der Waals surface area contributed by atoms with Gasteiger partial charge in [-0.05, 0) is 31.2 Å². The first-order chi connectivity index (χ1) is 12.7. The second kappa shape index (κ2) is 7.01. The number of aryl methyl sites for hydroxylation is 1. The number of nitrogens with one attached hydrogen (secondary N) is 1. The zero-order chi connectivity index (χ0) is 17.9. The summed E-state index contributed by atoms with van der Waals surface area (Å²) in [6.45, 7) is 2.02. The molecule has 130 valence electrons.